The van der Waals surface area contributed by atoms with E-state index in [4.69, 9.17) is 4.74 Å². The molecule has 2 aromatic rings. The SMILES string of the molecule is CC(C)c1nnc2n1C(C)(C(=O)NCc1ccsc1)COC2. The fourth-order valence-corrected chi connectivity index (χ4v) is 3.34. The van der Waals surface area contributed by atoms with Crippen LogP contribution in [0.15, 0.2) is 16.8 Å². The number of hydrogen-bond donors (Lipinski definition) is 1. The van der Waals surface area contributed by atoms with Gasteiger partial charge in [0.25, 0.3) is 0 Å². The van der Waals surface area contributed by atoms with Crippen molar-refractivity contribution in [2.75, 3.05) is 6.61 Å². The number of hydrogen-bond acceptors (Lipinski definition) is 5. The summed E-state index contributed by atoms with van der Waals surface area (Å²) in [5.74, 6) is 1.67. The van der Waals surface area contributed by atoms with Gasteiger partial charge in [0, 0.05) is 12.5 Å². The average Bonchev–Trinajstić information content (AvgIpc) is 3.14. The molecular formula is C15H20N4O2S. The summed E-state index contributed by atoms with van der Waals surface area (Å²) < 4.78 is 7.53. The number of rotatable bonds is 4. The first-order valence-electron chi connectivity index (χ1n) is 7.34. The van der Waals surface area contributed by atoms with Gasteiger partial charge in [-0.15, -0.1) is 10.2 Å². The summed E-state index contributed by atoms with van der Waals surface area (Å²) in [5.41, 5.74) is 0.291. The van der Waals surface area contributed by atoms with Gasteiger partial charge in [-0.05, 0) is 29.3 Å². The maximum Gasteiger partial charge on any atom is 0.248 e. The van der Waals surface area contributed by atoms with Crippen molar-refractivity contribution >= 4 is 17.2 Å². The molecule has 0 saturated carbocycles. The number of nitrogens with zero attached hydrogens (tertiary/aromatic N) is 3. The van der Waals surface area contributed by atoms with Gasteiger partial charge in [-0.2, -0.15) is 11.3 Å². The first-order chi connectivity index (χ1) is 10.5. The molecule has 0 radical (unpaired) electrons. The van der Waals surface area contributed by atoms with Crippen LogP contribution in [0.2, 0.25) is 0 Å². The van der Waals surface area contributed by atoms with E-state index >= 15 is 0 Å². The molecule has 7 heteroatoms. The molecular weight excluding hydrogens is 300 g/mol. The molecule has 22 heavy (non-hydrogen) atoms. The molecule has 3 heterocycles. The molecule has 1 amide bonds. The third-order valence-corrected chi connectivity index (χ3v) is 4.63. The maximum atomic E-state index is 12.8. The van der Waals surface area contributed by atoms with Crippen molar-refractivity contribution in [2.24, 2.45) is 0 Å². The Bertz CT molecular complexity index is 665. The van der Waals surface area contributed by atoms with Gasteiger partial charge >= 0.3 is 0 Å². The van der Waals surface area contributed by atoms with Crippen LogP contribution in [0.25, 0.3) is 0 Å². The first-order valence-corrected chi connectivity index (χ1v) is 8.28. The summed E-state index contributed by atoms with van der Waals surface area (Å²) in [7, 11) is 0. The first kappa shape index (κ1) is 15.2. The second kappa shape index (κ2) is 5.81. The fraction of sp³-hybridized carbons (Fsp3) is 0.533. The molecule has 1 atom stereocenters. The second-order valence-electron chi connectivity index (χ2n) is 6.05. The zero-order valence-corrected chi connectivity index (χ0v) is 13.8. The Labute approximate surface area is 133 Å². The maximum absolute atomic E-state index is 12.8. The smallest absolute Gasteiger partial charge is 0.248 e. The number of amides is 1. The van der Waals surface area contributed by atoms with Crippen LogP contribution in [0.4, 0.5) is 0 Å². The molecule has 0 aromatic carbocycles. The Balaban J connectivity index is 1.86. The Morgan fingerprint density at radius 1 is 1.55 bits per heavy atom. The van der Waals surface area contributed by atoms with E-state index in [2.05, 4.69) is 29.4 Å². The van der Waals surface area contributed by atoms with Crippen LogP contribution in [-0.4, -0.2) is 27.3 Å². The molecule has 1 unspecified atom stereocenters. The van der Waals surface area contributed by atoms with E-state index in [0.29, 0.717) is 25.6 Å². The fourth-order valence-electron chi connectivity index (χ4n) is 2.67. The van der Waals surface area contributed by atoms with Crippen molar-refractivity contribution in [3.63, 3.8) is 0 Å². The number of fused-ring (bicyclic) bond motifs is 1. The summed E-state index contributed by atoms with van der Waals surface area (Å²) in [6.45, 7) is 7.23. The van der Waals surface area contributed by atoms with E-state index < -0.39 is 5.54 Å². The lowest BCUT2D eigenvalue weighted by Crippen LogP contribution is -2.53. The lowest BCUT2D eigenvalue weighted by atomic mass is 9.99. The summed E-state index contributed by atoms with van der Waals surface area (Å²) in [4.78, 5) is 12.8. The quantitative estimate of drug-likeness (QED) is 0.936. The number of carbonyl (C=O) groups is 1. The third kappa shape index (κ3) is 2.55. The predicted molar refractivity (Wildman–Crippen MR) is 83.6 cm³/mol. The standard InChI is InChI=1S/C15H20N4O2S/c1-10(2)13-18-17-12-7-21-9-15(3,19(12)13)14(20)16-6-11-4-5-22-8-11/h4-5,8,10H,6-7,9H2,1-3H3,(H,16,20). The minimum absolute atomic E-state index is 0.0682. The molecule has 3 rings (SSSR count). The van der Waals surface area contributed by atoms with Crippen molar-refractivity contribution in [3.05, 3.63) is 34.0 Å². The molecule has 0 saturated heterocycles. The number of aromatic nitrogens is 3. The topological polar surface area (TPSA) is 69.0 Å². The predicted octanol–water partition coefficient (Wildman–Crippen LogP) is 2.02. The molecule has 0 aliphatic carbocycles. The second-order valence-corrected chi connectivity index (χ2v) is 6.83. The van der Waals surface area contributed by atoms with Crippen molar-refractivity contribution in [1.29, 1.82) is 0 Å². The van der Waals surface area contributed by atoms with Crippen LogP contribution in [0.3, 0.4) is 0 Å². The van der Waals surface area contributed by atoms with Crippen molar-refractivity contribution in [1.82, 2.24) is 20.1 Å². The summed E-state index contributed by atoms with van der Waals surface area (Å²) in [6, 6.07) is 2.01. The van der Waals surface area contributed by atoms with Gasteiger partial charge in [0.15, 0.2) is 5.82 Å². The van der Waals surface area contributed by atoms with Crippen molar-refractivity contribution < 1.29 is 9.53 Å². The summed E-state index contributed by atoms with van der Waals surface area (Å²) in [5, 5.41) is 15.5. The van der Waals surface area contributed by atoms with E-state index in [0.717, 1.165) is 11.4 Å². The van der Waals surface area contributed by atoms with Gasteiger partial charge < -0.3 is 10.1 Å². The molecule has 1 aliphatic heterocycles. The molecule has 0 spiro atoms. The minimum atomic E-state index is -0.813. The van der Waals surface area contributed by atoms with E-state index in [1.54, 1.807) is 11.3 Å². The van der Waals surface area contributed by atoms with Gasteiger partial charge in [0.2, 0.25) is 5.91 Å². The van der Waals surface area contributed by atoms with Crippen molar-refractivity contribution in [3.8, 4) is 0 Å². The van der Waals surface area contributed by atoms with Crippen LogP contribution in [-0.2, 0) is 28.2 Å². The lowest BCUT2D eigenvalue weighted by molar-refractivity contribution is -0.135. The zero-order valence-electron chi connectivity index (χ0n) is 13.0. The van der Waals surface area contributed by atoms with E-state index in [-0.39, 0.29) is 11.8 Å². The Hall–Kier alpha value is -1.73. The molecule has 6 nitrogen and oxygen atoms in total. The van der Waals surface area contributed by atoms with Gasteiger partial charge in [0.05, 0.1) is 6.61 Å². The Kier molecular flexibility index (Phi) is 4.01. The summed E-state index contributed by atoms with van der Waals surface area (Å²) in [6.07, 6.45) is 0. The lowest BCUT2D eigenvalue weighted by Gasteiger charge is -2.35. The zero-order chi connectivity index (χ0) is 15.7. The summed E-state index contributed by atoms with van der Waals surface area (Å²) >= 11 is 1.62. The molecule has 0 bridgehead atoms. The number of ether oxygens (including phenoxy) is 1. The monoisotopic (exact) mass is 320 g/mol. The van der Waals surface area contributed by atoms with Gasteiger partial charge in [-0.1, -0.05) is 13.8 Å². The number of nitrogens with one attached hydrogen (secondary N) is 1. The molecule has 1 N–H and O–H groups in total. The van der Waals surface area contributed by atoms with Gasteiger partial charge in [-0.25, -0.2) is 0 Å². The highest BCUT2D eigenvalue weighted by molar-refractivity contribution is 7.07. The van der Waals surface area contributed by atoms with Crippen molar-refractivity contribution in [2.45, 2.75) is 45.4 Å². The van der Waals surface area contributed by atoms with Gasteiger partial charge in [0.1, 0.15) is 18.0 Å². The third-order valence-electron chi connectivity index (χ3n) is 3.90. The van der Waals surface area contributed by atoms with Crippen LogP contribution in [0.1, 0.15) is 43.9 Å². The highest BCUT2D eigenvalue weighted by Gasteiger charge is 2.42. The number of thiophene rings is 1. The molecule has 1 aliphatic rings. The average molecular weight is 320 g/mol. The van der Waals surface area contributed by atoms with Crippen LogP contribution in [0.5, 0.6) is 0 Å². The largest absolute Gasteiger partial charge is 0.370 e. The van der Waals surface area contributed by atoms with Crippen LogP contribution >= 0.6 is 11.3 Å². The van der Waals surface area contributed by atoms with Crippen LogP contribution in [0, 0.1) is 0 Å². The highest BCUT2D eigenvalue weighted by Crippen LogP contribution is 2.29. The normalized spacial score (nSPS) is 20.9. The molecule has 118 valence electrons. The van der Waals surface area contributed by atoms with E-state index in [1.807, 2.05) is 28.3 Å². The number of carbonyl (C=O) groups excluding carboxylic acids is 1. The highest BCUT2D eigenvalue weighted by atomic mass is 32.1. The molecule has 0 fully saturated rings. The van der Waals surface area contributed by atoms with Crippen LogP contribution < -0.4 is 5.32 Å². The molecule has 2 aromatic heterocycles. The Morgan fingerprint density at radius 3 is 3.05 bits per heavy atom. The Morgan fingerprint density at radius 2 is 2.36 bits per heavy atom. The van der Waals surface area contributed by atoms with E-state index in [1.165, 1.54) is 0 Å². The van der Waals surface area contributed by atoms with E-state index in [9.17, 15) is 4.79 Å². The van der Waals surface area contributed by atoms with Gasteiger partial charge in [-0.3, -0.25) is 9.36 Å². The minimum Gasteiger partial charge on any atom is -0.370 e.